The van der Waals surface area contributed by atoms with Gasteiger partial charge in [0, 0.05) is 16.3 Å². The predicted molar refractivity (Wildman–Crippen MR) is 92.9 cm³/mol. The number of carbonyl (C=O) groups is 1. The molecule has 122 valence electrons. The molecule has 2 rings (SSSR count). The van der Waals surface area contributed by atoms with E-state index in [1.807, 2.05) is 20.8 Å². The number of rotatable bonds is 5. The van der Waals surface area contributed by atoms with Gasteiger partial charge in [-0.1, -0.05) is 11.6 Å². The third-order valence-corrected chi connectivity index (χ3v) is 3.46. The first-order valence-corrected chi connectivity index (χ1v) is 7.70. The Hall–Kier alpha value is -2.20. The molecule has 0 saturated carbocycles. The number of carbonyl (C=O) groups excluding carboxylic acids is 1. The molecule has 2 aromatic rings. The van der Waals surface area contributed by atoms with Crippen LogP contribution in [0.25, 0.3) is 0 Å². The van der Waals surface area contributed by atoms with E-state index in [9.17, 15) is 4.79 Å². The molecule has 4 nitrogen and oxygen atoms in total. The highest BCUT2D eigenvalue weighted by Crippen LogP contribution is 2.29. The Morgan fingerprint density at radius 1 is 1.13 bits per heavy atom. The van der Waals surface area contributed by atoms with Gasteiger partial charge >= 0.3 is 0 Å². The van der Waals surface area contributed by atoms with Gasteiger partial charge in [-0.2, -0.15) is 0 Å². The highest BCUT2D eigenvalue weighted by Gasteiger charge is 2.13. The average Bonchev–Trinajstić information content (AvgIpc) is 2.49. The Morgan fingerprint density at radius 2 is 1.87 bits per heavy atom. The number of hydrogen-bond donors (Lipinski definition) is 1. The van der Waals surface area contributed by atoms with Crippen molar-refractivity contribution < 1.29 is 14.3 Å². The van der Waals surface area contributed by atoms with Gasteiger partial charge < -0.3 is 14.8 Å². The zero-order chi connectivity index (χ0) is 17.0. The summed E-state index contributed by atoms with van der Waals surface area (Å²) in [5.41, 5.74) is 2.12. The third-order valence-electron chi connectivity index (χ3n) is 3.23. The fraction of sp³-hybridized carbons (Fsp3) is 0.278. The Bertz CT molecular complexity index is 713. The molecule has 0 atom stereocenters. The molecular formula is C18H20ClNO3. The number of ether oxygens (including phenoxy) is 2. The lowest BCUT2D eigenvalue weighted by Gasteiger charge is -2.15. The van der Waals surface area contributed by atoms with E-state index in [4.69, 9.17) is 21.1 Å². The SMILES string of the molecule is COc1cc(C(=O)Nc2ccc(Cl)cc2C)ccc1OC(C)C. The molecule has 0 fully saturated rings. The number of methoxy groups -OCH3 is 1. The van der Waals surface area contributed by atoms with Gasteiger partial charge in [0.15, 0.2) is 11.5 Å². The van der Waals surface area contributed by atoms with Gasteiger partial charge in [-0.05, 0) is 62.7 Å². The van der Waals surface area contributed by atoms with E-state index in [0.717, 1.165) is 11.3 Å². The normalized spacial score (nSPS) is 10.5. The minimum absolute atomic E-state index is 0.0280. The molecule has 0 saturated heterocycles. The van der Waals surface area contributed by atoms with Crippen LogP contribution in [0.1, 0.15) is 29.8 Å². The molecule has 0 spiro atoms. The molecule has 1 N–H and O–H groups in total. The Balaban J connectivity index is 2.22. The van der Waals surface area contributed by atoms with Crippen LogP contribution in [-0.2, 0) is 0 Å². The van der Waals surface area contributed by atoms with E-state index < -0.39 is 0 Å². The predicted octanol–water partition coefficient (Wildman–Crippen LogP) is 4.70. The Morgan fingerprint density at radius 3 is 2.48 bits per heavy atom. The summed E-state index contributed by atoms with van der Waals surface area (Å²) in [5.74, 6) is 0.922. The van der Waals surface area contributed by atoms with E-state index >= 15 is 0 Å². The second-order valence-electron chi connectivity index (χ2n) is 5.45. The molecule has 1 amide bonds. The van der Waals surface area contributed by atoms with Crippen LogP contribution in [0.5, 0.6) is 11.5 Å². The van der Waals surface area contributed by atoms with Gasteiger partial charge in [-0.15, -0.1) is 0 Å². The lowest BCUT2D eigenvalue weighted by molar-refractivity contribution is 0.102. The van der Waals surface area contributed by atoms with Crippen molar-refractivity contribution in [1.82, 2.24) is 0 Å². The first-order chi connectivity index (χ1) is 10.9. The van der Waals surface area contributed by atoms with Crippen LogP contribution >= 0.6 is 11.6 Å². The van der Waals surface area contributed by atoms with Gasteiger partial charge in [0.05, 0.1) is 13.2 Å². The quantitative estimate of drug-likeness (QED) is 0.863. The molecule has 0 aliphatic heterocycles. The van der Waals surface area contributed by atoms with Crippen LogP contribution in [0, 0.1) is 6.92 Å². The second kappa shape index (κ2) is 7.38. The van der Waals surface area contributed by atoms with E-state index in [1.165, 1.54) is 0 Å². The molecular weight excluding hydrogens is 314 g/mol. The highest BCUT2D eigenvalue weighted by atomic mass is 35.5. The maximum Gasteiger partial charge on any atom is 0.255 e. The van der Waals surface area contributed by atoms with E-state index in [1.54, 1.807) is 43.5 Å². The summed E-state index contributed by atoms with van der Waals surface area (Å²) in [4.78, 5) is 12.4. The first-order valence-electron chi connectivity index (χ1n) is 7.33. The van der Waals surface area contributed by atoms with Crippen LogP contribution in [-0.4, -0.2) is 19.1 Å². The molecule has 0 aliphatic rings. The van der Waals surface area contributed by atoms with E-state index in [2.05, 4.69) is 5.32 Å². The van der Waals surface area contributed by atoms with Gasteiger partial charge in [0.1, 0.15) is 0 Å². The van der Waals surface area contributed by atoms with Crippen molar-refractivity contribution in [3.8, 4) is 11.5 Å². The summed E-state index contributed by atoms with van der Waals surface area (Å²) in [7, 11) is 1.55. The summed E-state index contributed by atoms with van der Waals surface area (Å²) >= 11 is 5.93. The minimum atomic E-state index is -0.218. The number of amides is 1. The highest BCUT2D eigenvalue weighted by molar-refractivity contribution is 6.30. The molecule has 0 bridgehead atoms. The summed E-state index contributed by atoms with van der Waals surface area (Å²) < 4.78 is 11.0. The summed E-state index contributed by atoms with van der Waals surface area (Å²) in [6, 6.07) is 10.4. The average molecular weight is 334 g/mol. The van der Waals surface area contributed by atoms with Gasteiger partial charge in [0.2, 0.25) is 0 Å². The monoisotopic (exact) mass is 333 g/mol. The molecule has 0 aliphatic carbocycles. The number of nitrogens with one attached hydrogen (secondary N) is 1. The summed E-state index contributed by atoms with van der Waals surface area (Å²) in [6.45, 7) is 5.76. The van der Waals surface area contributed by atoms with Crippen LogP contribution in [0.2, 0.25) is 5.02 Å². The van der Waals surface area contributed by atoms with Crippen molar-refractivity contribution in [1.29, 1.82) is 0 Å². The van der Waals surface area contributed by atoms with E-state index in [0.29, 0.717) is 22.1 Å². The van der Waals surface area contributed by atoms with Gasteiger partial charge in [-0.3, -0.25) is 4.79 Å². The van der Waals surface area contributed by atoms with Crippen molar-refractivity contribution >= 4 is 23.2 Å². The molecule has 0 aromatic heterocycles. The third kappa shape index (κ3) is 4.39. The molecule has 5 heteroatoms. The maximum absolute atomic E-state index is 12.4. The van der Waals surface area contributed by atoms with Crippen molar-refractivity contribution in [2.24, 2.45) is 0 Å². The van der Waals surface area contributed by atoms with E-state index in [-0.39, 0.29) is 12.0 Å². The maximum atomic E-state index is 12.4. The molecule has 0 heterocycles. The minimum Gasteiger partial charge on any atom is -0.493 e. The first kappa shape index (κ1) is 17.2. The fourth-order valence-electron chi connectivity index (χ4n) is 2.12. The Kier molecular flexibility index (Phi) is 5.50. The standard InChI is InChI=1S/C18H20ClNO3/c1-11(2)23-16-8-5-13(10-17(16)22-4)18(21)20-15-7-6-14(19)9-12(15)3/h5-11H,1-4H3,(H,20,21). The van der Waals surface area contributed by atoms with Crippen molar-refractivity contribution in [3.63, 3.8) is 0 Å². The lowest BCUT2D eigenvalue weighted by Crippen LogP contribution is -2.13. The molecule has 2 aromatic carbocycles. The van der Waals surface area contributed by atoms with Crippen LogP contribution in [0.15, 0.2) is 36.4 Å². The van der Waals surface area contributed by atoms with Gasteiger partial charge in [-0.25, -0.2) is 0 Å². The number of benzene rings is 2. The van der Waals surface area contributed by atoms with Crippen LogP contribution < -0.4 is 14.8 Å². The fourth-order valence-corrected chi connectivity index (χ4v) is 2.35. The van der Waals surface area contributed by atoms with Crippen molar-refractivity contribution in [2.75, 3.05) is 12.4 Å². The van der Waals surface area contributed by atoms with Crippen LogP contribution in [0.4, 0.5) is 5.69 Å². The molecule has 0 radical (unpaired) electrons. The topological polar surface area (TPSA) is 47.6 Å². The molecule has 0 unspecified atom stereocenters. The zero-order valence-corrected chi connectivity index (χ0v) is 14.4. The Labute approximate surface area is 141 Å². The number of aryl methyl sites for hydroxylation is 1. The molecule has 23 heavy (non-hydrogen) atoms. The lowest BCUT2D eigenvalue weighted by atomic mass is 10.1. The van der Waals surface area contributed by atoms with Gasteiger partial charge in [0.25, 0.3) is 5.91 Å². The number of anilines is 1. The van der Waals surface area contributed by atoms with Crippen LogP contribution in [0.3, 0.4) is 0 Å². The van der Waals surface area contributed by atoms with Crippen molar-refractivity contribution in [3.05, 3.63) is 52.5 Å². The second-order valence-corrected chi connectivity index (χ2v) is 5.88. The number of hydrogen-bond acceptors (Lipinski definition) is 3. The largest absolute Gasteiger partial charge is 0.493 e. The number of halogens is 1. The smallest absolute Gasteiger partial charge is 0.255 e. The summed E-state index contributed by atoms with van der Waals surface area (Å²) in [6.07, 6.45) is 0.0280. The van der Waals surface area contributed by atoms with Crippen molar-refractivity contribution in [2.45, 2.75) is 26.9 Å². The zero-order valence-electron chi connectivity index (χ0n) is 13.6. The summed E-state index contributed by atoms with van der Waals surface area (Å²) in [5, 5.41) is 3.51.